The Bertz CT molecular complexity index is 649. The van der Waals surface area contributed by atoms with E-state index in [-0.39, 0.29) is 0 Å². The van der Waals surface area contributed by atoms with E-state index in [0.29, 0.717) is 24.5 Å². The first-order valence-corrected chi connectivity index (χ1v) is 7.82. The van der Waals surface area contributed by atoms with Crippen LogP contribution in [0, 0.1) is 11.3 Å². The molecule has 0 spiro atoms. The Morgan fingerprint density at radius 2 is 1.90 bits per heavy atom. The van der Waals surface area contributed by atoms with Gasteiger partial charge in [-0.05, 0) is 42.3 Å². The van der Waals surface area contributed by atoms with Gasteiger partial charge in [-0.2, -0.15) is 5.26 Å². The van der Waals surface area contributed by atoms with Crippen LogP contribution in [0.5, 0.6) is 11.5 Å². The van der Waals surface area contributed by atoms with E-state index >= 15 is 0 Å². The molecule has 4 heteroatoms. The van der Waals surface area contributed by atoms with Gasteiger partial charge in [0.15, 0.2) is 11.5 Å². The zero-order chi connectivity index (χ0) is 15.1. The van der Waals surface area contributed by atoms with Gasteiger partial charge < -0.3 is 9.47 Å². The lowest BCUT2D eigenvalue weighted by molar-refractivity contribution is 0.269. The van der Waals surface area contributed by atoms with Gasteiger partial charge in [0.1, 0.15) is 6.61 Å². The molecule has 0 N–H and O–H groups in total. The van der Waals surface area contributed by atoms with Crippen molar-refractivity contribution in [3.8, 4) is 17.6 Å². The van der Waals surface area contributed by atoms with Crippen molar-refractivity contribution in [2.45, 2.75) is 18.9 Å². The molecule has 21 heavy (non-hydrogen) atoms. The molecule has 0 aliphatic rings. The van der Waals surface area contributed by atoms with E-state index in [1.165, 1.54) is 0 Å². The molecule has 0 radical (unpaired) electrons. The van der Waals surface area contributed by atoms with Gasteiger partial charge in [0.05, 0.1) is 18.2 Å². The van der Waals surface area contributed by atoms with Crippen LogP contribution < -0.4 is 9.47 Å². The van der Waals surface area contributed by atoms with E-state index in [1.54, 1.807) is 6.07 Å². The third-order valence-corrected chi connectivity index (χ3v) is 3.56. The maximum absolute atomic E-state index is 8.90. The van der Waals surface area contributed by atoms with E-state index in [0.717, 1.165) is 22.2 Å². The number of nitriles is 1. The fourth-order valence-electron chi connectivity index (χ4n) is 1.91. The minimum Gasteiger partial charge on any atom is -0.490 e. The van der Waals surface area contributed by atoms with Crippen LogP contribution in [0.4, 0.5) is 0 Å². The average molecular weight is 346 g/mol. The second-order valence-corrected chi connectivity index (χ2v) is 5.01. The highest BCUT2D eigenvalue weighted by Gasteiger charge is 2.07. The Morgan fingerprint density at radius 1 is 1.05 bits per heavy atom. The van der Waals surface area contributed by atoms with Gasteiger partial charge in [-0.3, -0.25) is 0 Å². The number of hydrogen-bond donors (Lipinski definition) is 0. The number of hydrogen-bond acceptors (Lipinski definition) is 3. The van der Waals surface area contributed by atoms with Crippen LogP contribution >= 0.6 is 15.9 Å². The summed E-state index contributed by atoms with van der Waals surface area (Å²) in [5.41, 5.74) is 2.73. The molecule has 0 heterocycles. The molecule has 0 saturated carbocycles. The highest BCUT2D eigenvalue weighted by atomic mass is 79.9. The summed E-state index contributed by atoms with van der Waals surface area (Å²) in [4.78, 5) is 0. The number of halogens is 1. The fraction of sp³-hybridized carbons (Fsp3) is 0.235. The second-order valence-electron chi connectivity index (χ2n) is 4.45. The van der Waals surface area contributed by atoms with E-state index in [1.807, 2.05) is 43.3 Å². The highest BCUT2D eigenvalue weighted by Crippen LogP contribution is 2.30. The minimum absolute atomic E-state index is 0.406. The lowest BCUT2D eigenvalue weighted by atomic mass is 10.1. The topological polar surface area (TPSA) is 42.2 Å². The largest absolute Gasteiger partial charge is 0.490 e. The Labute approximate surface area is 133 Å². The van der Waals surface area contributed by atoms with Gasteiger partial charge in [-0.15, -0.1) is 0 Å². The van der Waals surface area contributed by atoms with Crippen molar-refractivity contribution in [1.29, 1.82) is 5.26 Å². The Balaban J connectivity index is 2.13. The SMILES string of the molecule is CCOc1cc(CBr)ccc1OCc1cccc(C#N)c1. The molecule has 2 rings (SSSR count). The Morgan fingerprint density at radius 3 is 2.62 bits per heavy atom. The zero-order valence-electron chi connectivity index (χ0n) is 11.8. The molecule has 0 atom stereocenters. The van der Waals surface area contributed by atoms with Crippen LogP contribution in [0.1, 0.15) is 23.6 Å². The molecule has 2 aromatic carbocycles. The van der Waals surface area contributed by atoms with Crippen molar-refractivity contribution in [3.63, 3.8) is 0 Å². The molecule has 0 aromatic heterocycles. The van der Waals surface area contributed by atoms with Gasteiger partial charge in [0.2, 0.25) is 0 Å². The van der Waals surface area contributed by atoms with Crippen LogP contribution in [0.25, 0.3) is 0 Å². The van der Waals surface area contributed by atoms with E-state index in [4.69, 9.17) is 14.7 Å². The molecule has 0 unspecified atom stereocenters. The molecule has 2 aromatic rings. The summed E-state index contributed by atoms with van der Waals surface area (Å²) in [6, 6.07) is 15.4. The Kier molecular flexibility index (Phi) is 5.65. The van der Waals surface area contributed by atoms with Crippen LogP contribution in [0.15, 0.2) is 42.5 Å². The summed E-state index contributed by atoms with van der Waals surface area (Å²) >= 11 is 3.43. The minimum atomic E-state index is 0.406. The molecule has 0 amide bonds. The highest BCUT2D eigenvalue weighted by molar-refractivity contribution is 9.08. The maximum Gasteiger partial charge on any atom is 0.161 e. The second kappa shape index (κ2) is 7.70. The normalized spacial score (nSPS) is 9.95. The fourth-order valence-corrected chi connectivity index (χ4v) is 2.26. The van der Waals surface area contributed by atoms with Gasteiger partial charge >= 0.3 is 0 Å². The summed E-state index contributed by atoms with van der Waals surface area (Å²) in [6.07, 6.45) is 0. The summed E-state index contributed by atoms with van der Waals surface area (Å²) in [5, 5.41) is 9.68. The molecular weight excluding hydrogens is 330 g/mol. The summed E-state index contributed by atoms with van der Waals surface area (Å²) < 4.78 is 11.4. The standard InChI is InChI=1S/C17H16BrNO2/c1-2-20-17-9-13(10-18)6-7-16(17)21-12-15-5-3-4-14(8-15)11-19/h3-9H,2,10,12H2,1H3. The third kappa shape index (κ3) is 4.24. The summed E-state index contributed by atoms with van der Waals surface area (Å²) in [6.45, 7) is 2.94. The van der Waals surface area contributed by atoms with Crippen molar-refractivity contribution in [2.24, 2.45) is 0 Å². The zero-order valence-corrected chi connectivity index (χ0v) is 13.4. The van der Waals surface area contributed by atoms with E-state index in [9.17, 15) is 0 Å². The summed E-state index contributed by atoms with van der Waals surface area (Å²) in [5.74, 6) is 1.45. The smallest absolute Gasteiger partial charge is 0.161 e. The molecule has 0 saturated heterocycles. The molecule has 108 valence electrons. The van der Waals surface area contributed by atoms with Gasteiger partial charge in [-0.1, -0.05) is 34.1 Å². The van der Waals surface area contributed by atoms with E-state index in [2.05, 4.69) is 22.0 Å². The molecule has 3 nitrogen and oxygen atoms in total. The van der Waals surface area contributed by atoms with Gasteiger partial charge in [0, 0.05) is 5.33 Å². The number of rotatable bonds is 6. The molecule has 0 fully saturated rings. The maximum atomic E-state index is 8.90. The van der Waals surface area contributed by atoms with Crippen LogP contribution in [-0.4, -0.2) is 6.61 Å². The van der Waals surface area contributed by atoms with Crippen molar-refractivity contribution in [1.82, 2.24) is 0 Å². The molecule has 0 bridgehead atoms. The quantitative estimate of drug-likeness (QED) is 0.727. The predicted octanol–water partition coefficient (Wildman–Crippen LogP) is 4.43. The van der Waals surface area contributed by atoms with Crippen LogP contribution in [0.3, 0.4) is 0 Å². The predicted molar refractivity (Wildman–Crippen MR) is 85.7 cm³/mol. The molecule has 0 aliphatic carbocycles. The van der Waals surface area contributed by atoms with Crippen molar-refractivity contribution < 1.29 is 9.47 Å². The first-order chi connectivity index (χ1) is 10.3. The monoisotopic (exact) mass is 345 g/mol. The lowest BCUT2D eigenvalue weighted by Crippen LogP contribution is -2.00. The average Bonchev–Trinajstić information content (AvgIpc) is 2.54. The number of alkyl halides is 1. The third-order valence-electron chi connectivity index (χ3n) is 2.91. The lowest BCUT2D eigenvalue weighted by Gasteiger charge is -2.13. The molecule has 0 aliphatic heterocycles. The Hall–Kier alpha value is -1.99. The molecular formula is C17H16BrNO2. The first-order valence-electron chi connectivity index (χ1n) is 6.70. The van der Waals surface area contributed by atoms with Crippen molar-refractivity contribution in [3.05, 3.63) is 59.2 Å². The van der Waals surface area contributed by atoms with Crippen LogP contribution in [0.2, 0.25) is 0 Å². The van der Waals surface area contributed by atoms with E-state index < -0.39 is 0 Å². The summed E-state index contributed by atoms with van der Waals surface area (Å²) in [7, 11) is 0. The number of nitrogens with zero attached hydrogens (tertiary/aromatic N) is 1. The van der Waals surface area contributed by atoms with Crippen molar-refractivity contribution >= 4 is 15.9 Å². The van der Waals surface area contributed by atoms with Crippen molar-refractivity contribution in [2.75, 3.05) is 6.61 Å². The number of benzene rings is 2. The van der Waals surface area contributed by atoms with Gasteiger partial charge in [-0.25, -0.2) is 0 Å². The van der Waals surface area contributed by atoms with Gasteiger partial charge in [0.25, 0.3) is 0 Å². The first kappa shape index (κ1) is 15.4. The number of ether oxygens (including phenoxy) is 2. The van der Waals surface area contributed by atoms with Crippen LogP contribution in [-0.2, 0) is 11.9 Å².